The minimum atomic E-state index is -0.299. The van der Waals surface area contributed by atoms with Gasteiger partial charge in [-0.3, -0.25) is 4.79 Å². The second-order valence-electron chi connectivity index (χ2n) is 9.08. The molecule has 9 heteroatoms. The van der Waals surface area contributed by atoms with Crippen molar-refractivity contribution in [3.63, 3.8) is 0 Å². The van der Waals surface area contributed by atoms with Gasteiger partial charge in [0.25, 0.3) is 0 Å². The number of para-hydroxylation sites is 1. The van der Waals surface area contributed by atoms with Gasteiger partial charge in [0.1, 0.15) is 5.75 Å². The number of likely N-dealkylation sites (N-methyl/N-ethyl adjacent to an activating group) is 2. The number of aromatic nitrogens is 3. The van der Waals surface area contributed by atoms with Crippen molar-refractivity contribution in [3.8, 4) is 17.0 Å². The number of carbonyl (C=O) groups excluding carboxylic acids is 1. The van der Waals surface area contributed by atoms with Gasteiger partial charge in [-0.1, -0.05) is 24.8 Å². The smallest absolute Gasteiger partial charge is 0.247 e. The van der Waals surface area contributed by atoms with Gasteiger partial charge in [0.2, 0.25) is 11.9 Å². The molecule has 0 unspecified atom stereocenters. The van der Waals surface area contributed by atoms with Gasteiger partial charge >= 0.3 is 0 Å². The number of rotatable bonds is 10. The van der Waals surface area contributed by atoms with E-state index in [9.17, 15) is 4.79 Å². The lowest BCUT2D eigenvalue weighted by Crippen LogP contribution is -2.29. The van der Waals surface area contributed by atoms with E-state index >= 15 is 0 Å². The van der Waals surface area contributed by atoms with Gasteiger partial charge in [-0.2, -0.15) is 0 Å². The van der Waals surface area contributed by atoms with Gasteiger partial charge in [0.05, 0.1) is 29.9 Å². The fraction of sp³-hybridized carbons (Fsp3) is 0.250. The zero-order valence-electron chi connectivity index (χ0n) is 21.9. The Bertz CT molecular complexity index is 1430. The molecule has 0 radical (unpaired) electrons. The molecule has 2 heterocycles. The van der Waals surface area contributed by atoms with Crippen LogP contribution in [0.5, 0.6) is 5.75 Å². The molecule has 0 bridgehead atoms. The number of carbonyl (C=O) groups is 1. The number of hydrogen-bond acceptors (Lipinski definition) is 7. The quantitative estimate of drug-likeness (QED) is 0.269. The molecular formula is C28H33N7O2. The highest BCUT2D eigenvalue weighted by molar-refractivity contribution is 6.02. The van der Waals surface area contributed by atoms with Gasteiger partial charge in [0.15, 0.2) is 0 Å². The average Bonchev–Trinajstić information content (AvgIpc) is 3.31. The van der Waals surface area contributed by atoms with E-state index in [0.717, 1.165) is 46.6 Å². The maximum absolute atomic E-state index is 12.2. The minimum absolute atomic E-state index is 0.299. The van der Waals surface area contributed by atoms with Crippen LogP contribution in [0.1, 0.15) is 5.69 Å². The molecule has 4 rings (SSSR count). The van der Waals surface area contributed by atoms with E-state index in [4.69, 9.17) is 9.72 Å². The second-order valence-corrected chi connectivity index (χ2v) is 9.08. The van der Waals surface area contributed by atoms with E-state index in [1.54, 1.807) is 7.11 Å². The number of hydrogen-bond donors (Lipinski definition) is 3. The molecule has 4 aromatic rings. The molecule has 0 aliphatic rings. The monoisotopic (exact) mass is 499 g/mol. The molecule has 37 heavy (non-hydrogen) atoms. The molecule has 0 saturated heterocycles. The molecule has 2 aromatic carbocycles. The summed E-state index contributed by atoms with van der Waals surface area (Å²) in [5, 5.41) is 7.31. The normalized spacial score (nSPS) is 11.0. The first-order chi connectivity index (χ1) is 17.8. The number of benzene rings is 2. The number of H-pyrrole nitrogens is 1. The van der Waals surface area contributed by atoms with Crippen LogP contribution in [0.15, 0.2) is 61.3 Å². The summed E-state index contributed by atoms with van der Waals surface area (Å²) in [6.45, 7) is 7.12. The Balaban J connectivity index is 1.73. The number of anilines is 4. The van der Waals surface area contributed by atoms with Crippen LogP contribution in [-0.2, 0) is 4.79 Å². The lowest BCUT2D eigenvalue weighted by molar-refractivity contribution is -0.111. The van der Waals surface area contributed by atoms with Crippen LogP contribution in [0.25, 0.3) is 22.2 Å². The van der Waals surface area contributed by atoms with Crippen molar-refractivity contribution < 1.29 is 9.53 Å². The lowest BCUT2D eigenvalue weighted by Gasteiger charge is -2.26. The summed E-state index contributed by atoms with van der Waals surface area (Å²) in [5.74, 6) is 0.724. The molecule has 3 N–H and O–H groups in total. The Morgan fingerprint density at radius 3 is 2.62 bits per heavy atom. The summed E-state index contributed by atoms with van der Waals surface area (Å²) in [7, 11) is 7.63. The summed E-state index contributed by atoms with van der Waals surface area (Å²) in [6, 6.07) is 13.8. The first-order valence-electron chi connectivity index (χ1n) is 12.0. The Labute approximate surface area is 217 Å². The summed E-state index contributed by atoms with van der Waals surface area (Å²) < 4.78 is 5.72. The summed E-state index contributed by atoms with van der Waals surface area (Å²) in [6.07, 6.45) is 3.20. The summed E-state index contributed by atoms with van der Waals surface area (Å²) in [4.78, 5) is 29.1. The van der Waals surface area contributed by atoms with Crippen LogP contribution in [0.3, 0.4) is 0 Å². The molecule has 0 fully saturated rings. The number of aromatic amines is 1. The van der Waals surface area contributed by atoms with Crippen LogP contribution >= 0.6 is 0 Å². The third kappa shape index (κ3) is 5.90. The maximum Gasteiger partial charge on any atom is 0.247 e. The number of fused-ring (bicyclic) bond motifs is 1. The van der Waals surface area contributed by atoms with E-state index in [1.807, 2.05) is 70.7 Å². The SMILES string of the molecule is C=CC(=O)Nc1cc(Nc2nc(C)cc(-c3c[nH]c4ccccc34)n2)c(OC)cc1N(C)CCN(C)C. The van der Waals surface area contributed by atoms with Gasteiger partial charge in [-0.15, -0.1) is 0 Å². The Kier molecular flexibility index (Phi) is 7.74. The molecule has 0 atom stereocenters. The van der Waals surface area contributed by atoms with Crippen LogP contribution in [0.4, 0.5) is 23.0 Å². The minimum Gasteiger partial charge on any atom is -0.494 e. The number of ether oxygens (including phenoxy) is 1. The van der Waals surface area contributed by atoms with Crippen molar-refractivity contribution >= 4 is 39.8 Å². The van der Waals surface area contributed by atoms with Crippen molar-refractivity contribution in [1.29, 1.82) is 0 Å². The molecule has 0 spiro atoms. The average molecular weight is 500 g/mol. The molecular weight excluding hydrogens is 466 g/mol. The molecule has 9 nitrogen and oxygen atoms in total. The van der Waals surface area contributed by atoms with Gasteiger partial charge < -0.3 is 30.2 Å². The number of methoxy groups -OCH3 is 1. The standard InChI is InChI=1S/C28H33N7O2/c1-7-27(36)31-23-15-24(26(37-6)16-25(23)35(5)13-12-34(3)4)33-28-30-18(2)14-22(32-28)20-17-29-21-11-9-8-10-19(20)21/h7-11,14-17,29H,1,12-13H2,2-6H3,(H,31,36)(H,30,32,33). The third-order valence-electron chi connectivity index (χ3n) is 6.02. The zero-order chi connectivity index (χ0) is 26.5. The predicted octanol–water partition coefficient (Wildman–Crippen LogP) is 4.81. The highest BCUT2D eigenvalue weighted by Gasteiger charge is 2.17. The van der Waals surface area contributed by atoms with Crippen LogP contribution in [0.2, 0.25) is 0 Å². The molecule has 2 aromatic heterocycles. The van der Waals surface area contributed by atoms with E-state index < -0.39 is 0 Å². The van der Waals surface area contributed by atoms with Crippen LogP contribution in [-0.4, -0.2) is 67.1 Å². The van der Waals surface area contributed by atoms with Crippen molar-refractivity contribution in [2.24, 2.45) is 0 Å². The van der Waals surface area contributed by atoms with Crippen molar-refractivity contribution in [2.45, 2.75) is 6.92 Å². The maximum atomic E-state index is 12.2. The fourth-order valence-electron chi connectivity index (χ4n) is 4.07. The van der Waals surface area contributed by atoms with Crippen molar-refractivity contribution in [2.75, 3.05) is 56.9 Å². The first-order valence-corrected chi connectivity index (χ1v) is 12.0. The van der Waals surface area contributed by atoms with Crippen molar-refractivity contribution in [1.82, 2.24) is 19.9 Å². The largest absolute Gasteiger partial charge is 0.494 e. The first kappa shape index (κ1) is 25.7. The highest BCUT2D eigenvalue weighted by Crippen LogP contribution is 2.38. The molecule has 0 saturated carbocycles. The van der Waals surface area contributed by atoms with Crippen molar-refractivity contribution in [3.05, 3.63) is 67.0 Å². The molecule has 0 aliphatic carbocycles. The number of nitrogens with zero attached hydrogens (tertiary/aromatic N) is 4. The van der Waals surface area contributed by atoms with Gasteiger partial charge in [-0.25, -0.2) is 9.97 Å². The van der Waals surface area contributed by atoms with Crippen LogP contribution < -0.4 is 20.3 Å². The van der Waals surface area contributed by atoms with E-state index in [0.29, 0.717) is 23.1 Å². The highest BCUT2D eigenvalue weighted by atomic mass is 16.5. The van der Waals surface area contributed by atoms with E-state index in [2.05, 4.69) is 43.0 Å². The molecule has 1 amide bonds. The third-order valence-corrected chi connectivity index (χ3v) is 6.02. The Morgan fingerprint density at radius 1 is 1.11 bits per heavy atom. The fourth-order valence-corrected chi connectivity index (χ4v) is 4.07. The Hall–Kier alpha value is -4.37. The number of nitrogens with one attached hydrogen (secondary N) is 3. The van der Waals surface area contributed by atoms with E-state index in [-0.39, 0.29) is 5.91 Å². The Morgan fingerprint density at radius 2 is 1.89 bits per heavy atom. The summed E-state index contributed by atoms with van der Waals surface area (Å²) in [5.41, 5.74) is 5.73. The van der Waals surface area contributed by atoms with Crippen LogP contribution in [0, 0.1) is 6.92 Å². The lowest BCUT2D eigenvalue weighted by atomic mass is 10.1. The van der Waals surface area contributed by atoms with E-state index in [1.165, 1.54) is 6.08 Å². The number of amides is 1. The zero-order valence-corrected chi connectivity index (χ0v) is 21.9. The second kappa shape index (κ2) is 11.1. The molecule has 192 valence electrons. The molecule has 0 aliphatic heterocycles. The van der Waals surface area contributed by atoms with Gasteiger partial charge in [-0.05, 0) is 45.3 Å². The number of aryl methyl sites for hydroxylation is 1. The predicted molar refractivity (Wildman–Crippen MR) is 151 cm³/mol. The summed E-state index contributed by atoms with van der Waals surface area (Å²) >= 11 is 0. The van der Waals surface area contributed by atoms with Gasteiger partial charge in [0, 0.05) is 54.6 Å². The topological polar surface area (TPSA) is 98.4 Å².